The highest BCUT2D eigenvalue weighted by Crippen LogP contribution is 2.24. The van der Waals surface area contributed by atoms with Gasteiger partial charge in [0.15, 0.2) is 0 Å². The average molecular weight is 217 g/mol. The van der Waals surface area contributed by atoms with Gasteiger partial charge in [0.1, 0.15) is 5.75 Å². The Kier molecular flexibility index (Phi) is 4.88. The van der Waals surface area contributed by atoms with Gasteiger partial charge in [-0.3, -0.25) is 0 Å². The molecular formula is C14H19NO. The van der Waals surface area contributed by atoms with Crippen LogP contribution in [-0.2, 0) is 0 Å². The van der Waals surface area contributed by atoms with Crippen LogP contribution < -0.4 is 10.5 Å². The predicted octanol–water partition coefficient (Wildman–Crippen LogP) is 2.81. The van der Waals surface area contributed by atoms with E-state index in [1.165, 1.54) is 5.56 Å². The zero-order chi connectivity index (χ0) is 12.0. The van der Waals surface area contributed by atoms with Gasteiger partial charge in [0.25, 0.3) is 0 Å². The predicted molar refractivity (Wildman–Crippen MR) is 67.3 cm³/mol. The summed E-state index contributed by atoms with van der Waals surface area (Å²) in [6, 6.07) is 6.08. The van der Waals surface area contributed by atoms with Gasteiger partial charge in [-0.2, -0.15) is 0 Å². The Morgan fingerprint density at radius 3 is 2.81 bits per heavy atom. The van der Waals surface area contributed by atoms with Gasteiger partial charge in [-0.25, -0.2) is 0 Å². The fraction of sp³-hybridized carbons (Fsp3) is 0.429. The maximum atomic E-state index is 5.91. The third-order valence-corrected chi connectivity index (χ3v) is 2.32. The lowest BCUT2D eigenvalue weighted by Crippen LogP contribution is -2.08. The Hall–Kier alpha value is -1.46. The second-order valence-corrected chi connectivity index (χ2v) is 3.86. The molecule has 0 heterocycles. The van der Waals surface area contributed by atoms with E-state index in [0.717, 1.165) is 17.7 Å². The Morgan fingerprint density at radius 1 is 1.44 bits per heavy atom. The molecule has 1 unspecified atom stereocenters. The molecule has 0 spiro atoms. The largest absolute Gasteiger partial charge is 0.492 e. The van der Waals surface area contributed by atoms with E-state index < -0.39 is 0 Å². The van der Waals surface area contributed by atoms with E-state index >= 15 is 0 Å². The zero-order valence-electron chi connectivity index (χ0n) is 10.2. The van der Waals surface area contributed by atoms with Crippen molar-refractivity contribution in [1.82, 2.24) is 0 Å². The van der Waals surface area contributed by atoms with Gasteiger partial charge in [0.2, 0.25) is 0 Å². The van der Waals surface area contributed by atoms with Gasteiger partial charge in [-0.15, -0.1) is 11.8 Å². The van der Waals surface area contributed by atoms with Crippen molar-refractivity contribution in [2.24, 2.45) is 5.73 Å². The van der Waals surface area contributed by atoms with E-state index in [9.17, 15) is 0 Å². The standard InChI is InChI=1S/C14H19NO/c1-4-5-6-9-16-14-8-7-11(2)10-13(14)12(3)15/h7-8,10,12H,6,9,15H2,1-3H3. The quantitative estimate of drug-likeness (QED) is 0.621. The molecule has 2 nitrogen and oxygen atoms in total. The molecule has 0 aliphatic carbocycles. The summed E-state index contributed by atoms with van der Waals surface area (Å²) in [4.78, 5) is 0. The third-order valence-electron chi connectivity index (χ3n) is 2.32. The van der Waals surface area contributed by atoms with Gasteiger partial charge >= 0.3 is 0 Å². The number of nitrogens with two attached hydrogens (primary N) is 1. The molecule has 0 bridgehead atoms. The SMILES string of the molecule is CC#CCCOc1ccc(C)cc1C(C)N. The number of benzene rings is 1. The van der Waals surface area contributed by atoms with E-state index in [4.69, 9.17) is 10.5 Å². The molecule has 86 valence electrons. The van der Waals surface area contributed by atoms with Crippen molar-refractivity contribution in [2.45, 2.75) is 33.2 Å². The highest BCUT2D eigenvalue weighted by Gasteiger charge is 2.07. The van der Waals surface area contributed by atoms with Gasteiger partial charge in [0, 0.05) is 18.0 Å². The van der Waals surface area contributed by atoms with Crippen LogP contribution in [0.3, 0.4) is 0 Å². The van der Waals surface area contributed by atoms with Crippen LogP contribution in [0.4, 0.5) is 0 Å². The molecule has 16 heavy (non-hydrogen) atoms. The molecule has 2 N–H and O–H groups in total. The average Bonchev–Trinajstić information content (AvgIpc) is 2.26. The van der Waals surface area contributed by atoms with Crippen LogP contribution in [-0.4, -0.2) is 6.61 Å². The summed E-state index contributed by atoms with van der Waals surface area (Å²) in [6.45, 7) is 6.47. The minimum Gasteiger partial charge on any atom is -0.492 e. The second kappa shape index (κ2) is 6.19. The van der Waals surface area contributed by atoms with E-state index in [1.54, 1.807) is 0 Å². The molecule has 1 aromatic rings. The van der Waals surface area contributed by atoms with Crippen molar-refractivity contribution in [3.63, 3.8) is 0 Å². The van der Waals surface area contributed by atoms with Crippen LogP contribution >= 0.6 is 0 Å². The van der Waals surface area contributed by atoms with E-state index in [-0.39, 0.29) is 6.04 Å². The molecule has 0 fully saturated rings. The molecule has 0 aliphatic heterocycles. The van der Waals surface area contributed by atoms with Crippen LogP contribution in [0.1, 0.15) is 37.4 Å². The maximum Gasteiger partial charge on any atom is 0.124 e. The lowest BCUT2D eigenvalue weighted by atomic mass is 10.1. The van der Waals surface area contributed by atoms with E-state index in [2.05, 4.69) is 24.8 Å². The molecular weight excluding hydrogens is 198 g/mol. The van der Waals surface area contributed by atoms with Crippen LogP contribution in [0.15, 0.2) is 18.2 Å². The van der Waals surface area contributed by atoms with Gasteiger partial charge in [-0.05, 0) is 26.8 Å². The molecule has 0 saturated heterocycles. The molecule has 0 aliphatic rings. The number of hydrogen-bond acceptors (Lipinski definition) is 2. The molecule has 0 amide bonds. The molecule has 2 heteroatoms. The third kappa shape index (κ3) is 3.60. The van der Waals surface area contributed by atoms with Gasteiger partial charge in [0.05, 0.1) is 6.61 Å². The fourth-order valence-corrected chi connectivity index (χ4v) is 1.49. The highest BCUT2D eigenvalue weighted by molar-refractivity contribution is 5.38. The first kappa shape index (κ1) is 12.6. The first-order valence-corrected chi connectivity index (χ1v) is 5.53. The van der Waals surface area contributed by atoms with Crippen LogP contribution in [0, 0.1) is 18.8 Å². The fourth-order valence-electron chi connectivity index (χ4n) is 1.49. The zero-order valence-corrected chi connectivity index (χ0v) is 10.2. The normalized spacial score (nSPS) is 11.5. The van der Waals surface area contributed by atoms with Crippen molar-refractivity contribution >= 4 is 0 Å². The summed E-state index contributed by atoms with van der Waals surface area (Å²) in [5, 5.41) is 0. The van der Waals surface area contributed by atoms with Crippen LogP contribution in [0.5, 0.6) is 5.75 Å². The molecule has 0 saturated carbocycles. The summed E-state index contributed by atoms with van der Waals surface area (Å²) < 4.78 is 5.67. The number of hydrogen-bond donors (Lipinski definition) is 1. The van der Waals surface area contributed by atoms with E-state index in [1.807, 2.05) is 26.0 Å². The minimum atomic E-state index is -0.00726. The summed E-state index contributed by atoms with van der Waals surface area (Å²) in [6.07, 6.45) is 0.753. The van der Waals surface area contributed by atoms with E-state index in [0.29, 0.717) is 6.61 Å². The number of rotatable bonds is 4. The summed E-state index contributed by atoms with van der Waals surface area (Å²) in [5.74, 6) is 6.69. The first-order chi connectivity index (χ1) is 7.65. The maximum absolute atomic E-state index is 5.91. The monoisotopic (exact) mass is 217 g/mol. The Labute approximate surface area is 97.8 Å². The first-order valence-electron chi connectivity index (χ1n) is 5.53. The lowest BCUT2D eigenvalue weighted by molar-refractivity contribution is 0.322. The smallest absolute Gasteiger partial charge is 0.124 e. The molecule has 1 rings (SSSR count). The van der Waals surface area contributed by atoms with Crippen molar-refractivity contribution in [3.8, 4) is 17.6 Å². The summed E-state index contributed by atoms with van der Waals surface area (Å²) in [7, 11) is 0. The molecule has 1 atom stereocenters. The minimum absolute atomic E-state index is 0.00726. The summed E-state index contributed by atoms with van der Waals surface area (Å²) in [5.41, 5.74) is 8.17. The topological polar surface area (TPSA) is 35.2 Å². The van der Waals surface area contributed by atoms with Crippen LogP contribution in [0.25, 0.3) is 0 Å². The van der Waals surface area contributed by atoms with Crippen molar-refractivity contribution in [1.29, 1.82) is 0 Å². The second-order valence-electron chi connectivity index (χ2n) is 3.86. The van der Waals surface area contributed by atoms with Gasteiger partial charge < -0.3 is 10.5 Å². The van der Waals surface area contributed by atoms with Crippen LogP contribution in [0.2, 0.25) is 0 Å². The Bertz CT molecular complexity index is 399. The lowest BCUT2D eigenvalue weighted by Gasteiger charge is -2.14. The number of aryl methyl sites for hydroxylation is 1. The molecule has 0 aromatic heterocycles. The van der Waals surface area contributed by atoms with Gasteiger partial charge in [-0.1, -0.05) is 17.7 Å². The molecule has 1 aromatic carbocycles. The van der Waals surface area contributed by atoms with Crippen molar-refractivity contribution < 1.29 is 4.74 Å². The molecule has 0 radical (unpaired) electrons. The summed E-state index contributed by atoms with van der Waals surface area (Å²) >= 11 is 0. The highest BCUT2D eigenvalue weighted by atomic mass is 16.5. The Balaban J connectivity index is 2.73. The number of ether oxygens (including phenoxy) is 1. The van der Waals surface area contributed by atoms with Crippen molar-refractivity contribution in [3.05, 3.63) is 29.3 Å². The Morgan fingerprint density at radius 2 is 2.19 bits per heavy atom. The van der Waals surface area contributed by atoms with Crippen molar-refractivity contribution in [2.75, 3.05) is 6.61 Å².